The summed E-state index contributed by atoms with van der Waals surface area (Å²) in [4.78, 5) is 0. The lowest BCUT2D eigenvalue weighted by Crippen LogP contribution is -2.19. The number of unbranched alkanes of at least 4 members (excludes halogenated alkanes) is 2. The zero-order chi connectivity index (χ0) is 23.3. The average Bonchev–Trinajstić information content (AvgIpc) is 2.75. The van der Waals surface area contributed by atoms with Gasteiger partial charge in [0.15, 0.2) is 18.2 Å². The molecule has 0 N–H and O–H groups in total. The van der Waals surface area contributed by atoms with Crippen molar-refractivity contribution >= 4 is 0 Å². The first-order valence-electron chi connectivity index (χ1n) is 10.3. The highest BCUT2D eigenvalue weighted by atomic mass is 19.4. The standard InChI is InChI=1S/C25H22F6O/c1-2-3-4-5-16-6-8-17(9-7-16)18-10-11-19(21(26)14-18)20-12-13-22(24(28)23(20)27)32-15-25(29,30)31/h6-14H,2-5,15H2,1H3. The minimum Gasteiger partial charge on any atom is -0.481 e. The van der Waals surface area contributed by atoms with Gasteiger partial charge < -0.3 is 4.74 Å². The summed E-state index contributed by atoms with van der Waals surface area (Å²) in [5, 5.41) is 0. The maximum atomic E-state index is 14.8. The first-order chi connectivity index (χ1) is 15.2. The van der Waals surface area contributed by atoms with Gasteiger partial charge in [0, 0.05) is 11.1 Å². The molecular weight excluding hydrogens is 430 g/mol. The molecule has 0 aliphatic heterocycles. The number of ether oxygens (including phenoxy) is 1. The summed E-state index contributed by atoms with van der Waals surface area (Å²) in [6.07, 6.45) is -0.341. The van der Waals surface area contributed by atoms with E-state index < -0.39 is 41.5 Å². The number of benzene rings is 3. The fourth-order valence-corrected chi connectivity index (χ4v) is 3.37. The molecule has 0 unspecified atom stereocenters. The molecule has 32 heavy (non-hydrogen) atoms. The van der Waals surface area contributed by atoms with E-state index in [4.69, 9.17) is 0 Å². The first kappa shape index (κ1) is 23.7. The first-order valence-corrected chi connectivity index (χ1v) is 10.3. The molecule has 0 amide bonds. The summed E-state index contributed by atoms with van der Waals surface area (Å²) in [6, 6.07) is 13.7. The van der Waals surface area contributed by atoms with Crippen LogP contribution >= 0.6 is 0 Å². The van der Waals surface area contributed by atoms with E-state index in [-0.39, 0.29) is 5.56 Å². The molecule has 0 saturated heterocycles. The second-order valence-electron chi connectivity index (χ2n) is 7.49. The van der Waals surface area contributed by atoms with Crippen LogP contribution in [0.25, 0.3) is 22.3 Å². The highest BCUT2D eigenvalue weighted by molar-refractivity contribution is 5.72. The minimum atomic E-state index is -4.70. The second-order valence-corrected chi connectivity index (χ2v) is 7.49. The summed E-state index contributed by atoms with van der Waals surface area (Å²) in [6.45, 7) is 0.376. The van der Waals surface area contributed by atoms with E-state index in [1.54, 1.807) is 6.07 Å². The molecule has 3 aromatic rings. The van der Waals surface area contributed by atoms with Crippen molar-refractivity contribution in [3.63, 3.8) is 0 Å². The number of halogens is 6. The van der Waals surface area contributed by atoms with Gasteiger partial charge in [0.25, 0.3) is 0 Å². The fraction of sp³-hybridized carbons (Fsp3) is 0.280. The van der Waals surface area contributed by atoms with E-state index in [9.17, 15) is 26.3 Å². The van der Waals surface area contributed by atoms with Gasteiger partial charge in [-0.25, -0.2) is 8.78 Å². The fourth-order valence-electron chi connectivity index (χ4n) is 3.37. The second kappa shape index (κ2) is 10.1. The third-order valence-corrected chi connectivity index (χ3v) is 5.05. The molecule has 0 saturated carbocycles. The van der Waals surface area contributed by atoms with Gasteiger partial charge in [-0.1, -0.05) is 56.2 Å². The van der Waals surface area contributed by atoms with Crippen LogP contribution in [0.2, 0.25) is 0 Å². The molecule has 0 aromatic heterocycles. The van der Waals surface area contributed by atoms with Gasteiger partial charge >= 0.3 is 6.18 Å². The Morgan fingerprint density at radius 2 is 1.41 bits per heavy atom. The van der Waals surface area contributed by atoms with Gasteiger partial charge in [0.05, 0.1) is 0 Å². The Morgan fingerprint density at radius 1 is 0.750 bits per heavy atom. The summed E-state index contributed by atoms with van der Waals surface area (Å²) in [5.74, 6) is -4.75. The topological polar surface area (TPSA) is 9.23 Å². The minimum absolute atomic E-state index is 0.205. The van der Waals surface area contributed by atoms with Crippen LogP contribution < -0.4 is 4.74 Å². The van der Waals surface area contributed by atoms with Gasteiger partial charge in [0.1, 0.15) is 5.82 Å². The molecular formula is C25H22F6O. The van der Waals surface area contributed by atoms with E-state index in [1.807, 2.05) is 24.3 Å². The van der Waals surface area contributed by atoms with Gasteiger partial charge in [-0.3, -0.25) is 0 Å². The Hall–Kier alpha value is -2.96. The third kappa shape index (κ3) is 5.84. The largest absolute Gasteiger partial charge is 0.481 e. The Labute approximate surface area is 182 Å². The summed E-state index contributed by atoms with van der Waals surface area (Å²) >= 11 is 0. The van der Waals surface area contributed by atoms with Crippen molar-refractivity contribution in [2.75, 3.05) is 6.61 Å². The van der Waals surface area contributed by atoms with Crippen molar-refractivity contribution in [2.24, 2.45) is 0 Å². The van der Waals surface area contributed by atoms with E-state index in [2.05, 4.69) is 11.7 Å². The number of hydrogen-bond donors (Lipinski definition) is 0. The molecule has 0 bridgehead atoms. The molecule has 0 atom stereocenters. The van der Waals surface area contributed by atoms with Crippen molar-refractivity contribution in [3.05, 3.63) is 77.6 Å². The monoisotopic (exact) mass is 452 g/mol. The summed E-state index contributed by atoms with van der Waals surface area (Å²) < 4.78 is 84.4. The van der Waals surface area contributed by atoms with Gasteiger partial charge in [-0.05, 0) is 47.7 Å². The van der Waals surface area contributed by atoms with Gasteiger partial charge in [-0.2, -0.15) is 17.6 Å². The maximum Gasteiger partial charge on any atom is 0.422 e. The smallest absolute Gasteiger partial charge is 0.422 e. The molecule has 0 radical (unpaired) electrons. The Bertz CT molecular complexity index is 1060. The zero-order valence-corrected chi connectivity index (χ0v) is 17.4. The zero-order valence-electron chi connectivity index (χ0n) is 17.4. The van der Waals surface area contributed by atoms with Crippen LogP contribution in [0.3, 0.4) is 0 Å². The van der Waals surface area contributed by atoms with Crippen molar-refractivity contribution in [1.29, 1.82) is 0 Å². The molecule has 1 nitrogen and oxygen atoms in total. The molecule has 0 spiro atoms. The lowest BCUT2D eigenvalue weighted by atomic mass is 9.97. The molecule has 3 aromatic carbocycles. The van der Waals surface area contributed by atoms with E-state index in [0.717, 1.165) is 43.4 Å². The van der Waals surface area contributed by atoms with Crippen LogP contribution in [0.4, 0.5) is 26.3 Å². The molecule has 0 fully saturated rings. The van der Waals surface area contributed by atoms with E-state index in [1.165, 1.54) is 17.7 Å². The van der Waals surface area contributed by atoms with Crippen LogP contribution in [-0.2, 0) is 6.42 Å². The quantitative estimate of drug-likeness (QED) is 0.248. The van der Waals surface area contributed by atoms with Crippen LogP contribution in [0.1, 0.15) is 31.7 Å². The summed E-state index contributed by atoms with van der Waals surface area (Å²) in [7, 11) is 0. The number of aryl methyl sites for hydroxylation is 1. The van der Waals surface area contributed by atoms with Crippen molar-refractivity contribution < 1.29 is 31.1 Å². The number of rotatable bonds is 8. The Balaban J connectivity index is 1.81. The van der Waals surface area contributed by atoms with E-state index >= 15 is 0 Å². The van der Waals surface area contributed by atoms with Crippen LogP contribution in [0.15, 0.2) is 54.6 Å². The Kier molecular flexibility index (Phi) is 7.48. The lowest BCUT2D eigenvalue weighted by molar-refractivity contribution is -0.153. The van der Waals surface area contributed by atoms with Crippen molar-refractivity contribution in [3.8, 4) is 28.0 Å². The highest BCUT2D eigenvalue weighted by Crippen LogP contribution is 2.34. The predicted molar refractivity (Wildman–Crippen MR) is 112 cm³/mol. The normalized spacial score (nSPS) is 11.6. The number of hydrogen-bond acceptors (Lipinski definition) is 1. The van der Waals surface area contributed by atoms with Gasteiger partial charge in [0.2, 0.25) is 5.82 Å². The molecule has 170 valence electrons. The average molecular weight is 452 g/mol. The lowest BCUT2D eigenvalue weighted by Gasteiger charge is -2.13. The van der Waals surface area contributed by atoms with Crippen LogP contribution in [0, 0.1) is 17.5 Å². The maximum absolute atomic E-state index is 14.8. The SMILES string of the molecule is CCCCCc1ccc(-c2ccc(-c3ccc(OCC(F)(F)F)c(F)c3F)c(F)c2)cc1. The third-order valence-electron chi connectivity index (χ3n) is 5.05. The summed E-state index contributed by atoms with van der Waals surface area (Å²) in [5.41, 5.74) is 1.92. The Morgan fingerprint density at radius 3 is 2.03 bits per heavy atom. The van der Waals surface area contributed by atoms with Crippen molar-refractivity contribution in [2.45, 2.75) is 38.8 Å². The van der Waals surface area contributed by atoms with Crippen LogP contribution in [-0.4, -0.2) is 12.8 Å². The molecule has 0 aliphatic carbocycles. The number of alkyl halides is 3. The predicted octanol–water partition coefficient (Wildman–Crippen LogP) is 8.11. The van der Waals surface area contributed by atoms with E-state index in [0.29, 0.717) is 5.56 Å². The molecule has 0 aliphatic rings. The highest BCUT2D eigenvalue weighted by Gasteiger charge is 2.29. The van der Waals surface area contributed by atoms with Gasteiger partial charge in [-0.15, -0.1) is 0 Å². The van der Waals surface area contributed by atoms with Crippen molar-refractivity contribution in [1.82, 2.24) is 0 Å². The molecule has 0 heterocycles. The van der Waals surface area contributed by atoms with Crippen LogP contribution in [0.5, 0.6) is 5.75 Å². The molecule has 7 heteroatoms. The molecule has 3 rings (SSSR count).